The molecule has 0 aromatic heterocycles. The van der Waals surface area contributed by atoms with Gasteiger partial charge in [0, 0.05) is 44.0 Å². The highest BCUT2D eigenvalue weighted by atomic mass is 16.5. The van der Waals surface area contributed by atoms with Gasteiger partial charge in [0.15, 0.2) is 0 Å². The summed E-state index contributed by atoms with van der Waals surface area (Å²) in [6.07, 6.45) is 5.55. The predicted octanol–water partition coefficient (Wildman–Crippen LogP) is 4.02. The summed E-state index contributed by atoms with van der Waals surface area (Å²) in [5, 5.41) is 6.35. The van der Waals surface area contributed by atoms with Gasteiger partial charge in [-0.25, -0.2) is 4.79 Å². The minimum atomic E-state index is -0.0295. The van der Waals surface area contributed by atoms with Crippen molar-refractivity contribution in [2.75, 3.05) is 38.2 Å². The Morgan fingerprint density at radius 2 is 1.72 bits per heavy atom. The molecule has 0 spiro atoms. The fourth-order valence-electron chi connectivity index (χ4n) is 4.84. The number of nitrogens with one attached hydrogen (secondary N) is 2. The third kappa shape index (κ3) is 6.16. The van der Waals surface area contributed by atoms with Crippen molar-refractivity contribution in [2.24, 2.45) is 0 Å². The Bertz CT molecular complexity index is 835. The first-order chi connectivity index (χ1) is 15.7. The fourth-order valence-corrected chi connectivity index (χ4v) is 4.84. The highest BCUT2D eigenvalue weighted by Gasteiger charge is 2.24. The Labute approximate surface area is 191 Å². The molecule has 6 heteroatoms. The van der Waals surface area contributed by atoms with E-state index in [0.717, 1.165) is 51.2 Å². The molecule has 2 aliphatic heterocycles. The number of rotatable bonds is 7. The number of carbonyl (C=O) groups excluding carboxylic acids is 1. The largest absolute Gasteiger partial charge is 0.497 e. The Hall–Kier alpha value is -2.73. The number of hydrogen-bond donors (Lipinski definition) is 2. The van der Waals surface area contributed by atoms with E-state index in [1.165, 1.54) is 24.1 Å². The third-order valence-corrected chi connectivity index (χ3v) is 6.74. The zero-order chi connectivity index (χ0) is 22.2. The van der Waals surface area contributed by atoms with Crippen LogP contribution in [0.3, 0.4) is 0 Å². The molecule has 2 aromatic rings. The first-order valence-corrected chi connectivity index (χ1v) is 11.9. The second-order valence-electron chi connectivity index (χ2n) is 8.92. The number of methoxy groups -OCH3 is 1. The SMILES string of the molecule is COc1ccc(N2CCC(NC(=O)NCC3CCCCN3Cc3ccccc3)CC2)cc1. The molecule has 2 saturated heterocycles. The number of nitrogens with zero attached hydrogens (tertiary/aromatic N) is 2. The summed E-state index contributed by atoms with van der Waals surface area (Å²) in [4.78, 5) is 17.5. The van der Waals surface area contributed by atoms with Gasteiger partial charge in [0.25, 0.3) is 0 Å². The summed E-state index contributed by atoms with van der Waals surface area (Å²) in [7, 11) is 1.69. The molecule has 2 amide bonds. The van der Waals surface area contributed by atoms with Gasteiger partial charge in [0.1, 0.15) is 5.75 Å². The Balaban J connectivity index is 1.20. The molecule has 6 nitrogen and oxygen atoms in total. The molecule has 0 radical (unpaired) electrons. The van der Waals surface area contributed by atoms with Crippen LogP contribution in [0.2, 0.25) is 0 Å². The number of anilines is 1. The van der Waals surface area contributed by atoms with Crippen molar-refractivity contribution in [1.82, 2.24) is 15.5 Å². The van der Waals surface area contributed by atoms with Crippen LogP contribution in [0.15, 0.2) is 54.6 Å². The number of carbonyl (C=O) groups is 1. The van der Waals surface area contributed by atoms with E-state index in [0.29, 0.717) is 12.6 Å². The van der Waals surface area contributed by atoms with Crippen LogP contribution in [0, 0.1) is 0 Å². The van der Waals surface area contributed by atoms with Gasteiger partial charge in [-0.2, -0.15) is 0 Å². The smallest absolute Gasteiger partial charge is 0.315 e. The first kappa shape index (κ1) is 22.5. The fraction of sp³-hybridized carbons (Fsp3) is 0.500. The second kappa shape index (κ2) is 11.2. The van der Waals surface area contributed by atoms with Crippen LogP contribution in [-0.4, -0.2) is 56.3 Å². The highest BCUT2D eigenvalue weighted by Crippen LogP contribution is 2.23. The lowest BCUT2D eigenvalue weighted by Gasteiger charge is -2.36. The monoisotopic (exact) mass is 436 g/mol. The van der Waals surface area contributed by atoms with Crippen molar-refractivity contribution in [1.29, 1.82) is 0 Å². The number of piperidine rings is 2. The lowest BCUT2D eigenvalue weighted by atomic mass is 10.0. The number of hydrogen-bond acceptors (Lipinski definition) is 4. The van der Waals surface area contributed by atoms with Gasteiger partial charge >= 0.3 is 6.03 Å². The minimum absolute atomic E-state index is 0.0295. The second-order valence-corrected chi connectivity index (χ2v) is 8.92. The van der Waals surface area contributed by atoms with E-state index in [9.17, 15) is 4.79 Å². The van der Waals surface area contributed by atoms with Crippen molar-refractivity contribution in [2.45, 2.75) is 50.7 Å². The van der Waals surface area contributed by atoms with Crippen molar-refractivity contribution in [3.63, 3.8) is 0 Å². The molecule has 4 rings (SSSR count). The van der Waals surface area contributed by atoms with Crippen LogP contribution in [0.25, 0.3) is 0 Å². The summed E-state index contributed by atoms with van der Waals surface area (Å²) in [5.74, 6) is 0.877. The van der Waals surface area contributed by atoms with Gasteiger partial charge in [-0.15, -0.1) is 0 Å². The van der Waals surface area contributed by atoms with Crippen LogP contribution >= 0.6 is 0 Å². The molecule has 2 aliphatic rings. The zero-order valence-electron chi connectivity index (χ0n) is 19.1. The topological polar surface area (TPSA) is 56.8 Å². The molecular weight excluding hydrogens is 400 g/mol. The molecular formula is C26H36N4O2. The van der Waals surface area contributed by atoms with Crippen LogP contribution in [0.5, 0.6) is 5.75 Å². The van der Waals surface area contributed by atoms with E-state index in [4.69, 9.17) is 4.74 Å². The van der Waals surface area contributed by atoms with Crippen LogP contribution in [-0.2, 0) is 6.54 Å². The number of benzene rings is 2. The Morgan fingerprint density at radius 1 is 0.969 bits per heavy atom. The standard InChI is InChI=1S/C26H36N4O2/c1-32-25-12-10-23(11-13-25)29-17-14-22(15-18-29)28-26(31)27-19-24-9-5-6-16-30(24)20-21-7-3-2-4-8-21/h2-4,7-8,10-13,22,24H,5-6,9,14-20H2,1H3,(H2,27,28,31). The van der Waals surface area contributed by atoms with E-state index < -0.39 is 0 Å². The summed E-state index contributed by atoms with van der Waals surface area (Å²) >= 11 is 0. The Kier molecular flexibility index (Phi) is 7.88. The summed E-state index contributed by atoms with van der Waals surface area (Å²) in [5.41, 5.74) is 2.55. The average Bonchev–Trinajstić information content (AvgIpc) is 2.85. The lowest BCUT2D eigenvalue weighted by molar-refractivity contribution is 0.138. The highest BCUT2D eigenvalue weighted by molar-refractivity contribution is 5.74. The van der Waals surface area contributed by atoms with E-state index >= 15 is 0 Å². The van der Waals surface area contributed by atoms with Gasteiger partial charge in [0.2, 0.25) is 0 Å². The lowest BCUT2D eigenvalue weighted by Crippen LogP contribution is -2.51. The number of likely N-dealkylation sites (tertiary alicyclic amines) is 1. The third-order valence-electron chi connectivity index (χ3n) is 6.74. The maximum atomic E-state index is 12.6. The van der Waals surface area contributed by atoms with Crippen molar-refractivity contribution >= 4 is 11.7 Å². The van der Waals surface area contributed by atoms with Gasteiger partial charge in [-0.3, -0.25) is 4.90 Å². The predicted molar refractivity (Wildman–Crippen MR) is 129 cm³/mol. The zero-order valence-corrected chi connectivity index (χ0v) is 19.1. The van der Waals surface area contributed by atoms with Crippen LogP contribution in [0.1, 0.15) is 37.7 Å². The van der Waals surface area contributed by atoms with Gasteiger partial charge < -0.3 is 20.3 Å². The molecule has 2 fully saturated rings. The number of amides is 2. The molecule has 2 aromatic carbocycles. The normalized spacial score (nSPS) is 20.0. The molecule has 0 aliphatic carbocycles. The van der Waals surface area contributed by atoms with E-state index in [1.54, 1.807) is 7.11 Å². The Morgan fingerprint density at radius 3 is 2.44 bits per heavy atom. The van der Waals surface area contributed by atoms with Crippen molar-refractivity contribution in [3.05, 3.63) is 60.2 Å². The maximum Gasteiger partial charge on any atom is 0.315 e. The molecule has 172 valence electrons. The number of urea groups is 1. The average molecular weight is 437 g/mol. The molecule has 2 heterocycles. The van der Waals surface area contributed by atoms with Crippen molar-refractivity contribution < 1.29 is 9.53 Å². The molecule has 0 saturated carbocycles. The molecule has 1 unspecified atom stereocenters. The molecule has 32 heavy (non-hydrogen) atoms. The van der Waals surface area contributed by atoms with Crippen LogP contribution < -0.4 is 20.3 Å². The summed E-state index contributed by atoms with van der Waals surface area (Å²) in [6.45, 7) is 4.67. The van der Waals surface area contributed by atoms with E-state index in [-0.39, 0.29) is 12.1 Å². The number of ether oxygens (including phenoxy) is 1. The maximum absolute atomic E-state index is 12.6. The first-order valence-electron chi connectivity index (χ1n) is 11.9. The van der Waals surface area contributed by atoms with Gasteiger partial charge in [0.05, 0.1) is 7.11 Å². The molecule has 2 N–H and O–H groups in total. The van der Waals surface area contributed by atoms with E-state index in [2.05, 4.69) is 62.9 Å². The van der Waals surface area contributed by atoms with Crippen molar-refractivity contribution in [3.8, 4) is 5.75 Å². The quantitative estimate of drug-likeness (QED) is 0.688. The van der Waals surface area contributed by atoms with Crippen LogP contribution in [0.4, 0.5) is 10.5 Å². The van der Waals surface area contributed by atoms with Gasteiger partial charge in [-0.1, -0.05) is 36.8 Å². The van der Waals surface area contributed by atoms with E-state index in [1.807, 2.05) is 12.1 Å². The summed E-state index contributed by atoms with van der Waals surface area (Å²) in [6, 6.07) is 19.4. The summed E-state index contributed by atoms with van der Waals surface area (Å²) < 4.78 is 5.24. The van der Waals surface area contributed by atoms with Gasteiger partial charge in [-0.05, 0) is 62.1 Å². The molecule has 0 bridgehead atoms. The molecule has 1 atom stereocenters. The minimum Gasteiger partial charge on any atom is -0.497 e.